The van der Waals surface area contributed by atoms with Gasteiger partial charge in [0.05, 0.1) is 6.54 Å². The third-order valence-corrected chi connectivity index (χ3v) is 6.92. The van der Waals surface area contributed by atoms with Gasteiger partial charge < -0.3 is 10.6 Å². The van der Waals surface area contributed by atoms with Gasteiger partial charge in [-0.1, -0.05) is 43.7 Å². The van der Waals surface area contributed by atoms with Gasteiger partial charge in [0.1, 0.15) is 5.82 Å². The number of nitrogens with one attached hydrogen (secondary N) is 1. The van der Waals surface area contributed by atoms with E-state index < -0.39 is 11.2 Å². The summed E-state index contributed by atoms with van der Waals surface area (Å²) in [5, 5.41) is 0. The van der Waals surface area contributed by atoms with Gasteiger partial charge in [0.2, 0.25) is 5.91 Å². The monoisotopic (exact) mass is 497 g/mol. The van der Waals surface area contributed by atoms with E-state index in [4.69, 9.17) is 5.73 Å². The topological polar surface area (TPSA) is 104 Å². The molecule has 0 saturated heterocycles. The molecule has 9 heteroatoms. The number of likely N-dealkylation sites (N-methyl/N-ethyl adjacent to an activating group) is 1. The number of aryl methyl sites for hydroxylation is 1. The molecule has 1 amide bonds. The predicted molar refractivity (Wildman–Crippen MR) is 143 cm³/mol. The van der Waals surface area contributed by atoms with E-state index in [1.807, 2.05) is 25.1 Å². The number of carbonyl (C=O) groups is 1. The first kappa shape index (κ1) is 26.4. The zero-order chi connectivity index (χ0) is 25.4. The summed E-state index contributed by atoms with van der Waals surface area (Å²) < 4.78 is 1.35. The molecule has 3 rings (SSSR count). The summed E-state index contributed by atoms with van der Waals surface area (Å²) in [6, 6.07) is 14.3. The summed E-state index contributed by atoms with van der Waals surface area (Å²) in [6.07, 6.45) is 2.41. The van der Waals surface area contributed by atoms with Crippen LogP contribution in [0, 0.1) is 6.92 Å². The Balaban J connectivity index is 1.85. The van der Waals surface area contributed by atoms with E-state index in [1.54, 1.807) is 18.3 Å². The second-order valence-corrected chi connectivity index (χ2v) is 9.97. The first-order valence-corrected chi connectivity index (χ1v) is 12.9. The Kier molecular flexibility index (Phi) is 9.45. The van der Waals surface area contributed by atoms with Gasteiger partial charge in [-0.25, -0.2) is 4.79 Å². The zero-order valence-corrected chi connectivity index (χ0v) is 21.6. The standard InChI is InChI=1S/C26H35N5O3S/c1-4-6-15-31-24(27)23(25(33)28-26(31)34)30(5-2)22(32)18-29(17-21-13-12-19(3)35-21)16-14-20-10-8-7-9-11-20/h7-13H,4-6,14-18,27H2,1-3H3,(H,28,33,34). The minimum Gasteiger partial charge on any atom is -0.383 e. The van der Waals surface area contributed by atoms with Crippen LogP contribution in [0.15, 0.2) is 52.1 Å². The minimum absolute atomic E-state index is 0.0344. The van der Waals surface area contributed by atoms with Crippen LogP contribution in [-0.4, -0.2) is 40.0 Å². The van der Waals surface area contributed by atoms with E-state index in [-0.39, 0.29) is 30.5 Å². The van der Waals surface area contributed by atoms with Crippen molar-refractivity contribution in [2.75, 3.05) is 30.3 Å². The second-order valence-electron chi connectivity index (χ2n) is 8.59. The maximum Gasteiger partial charge on any atom is 0.330 e. The van der Waals surface area contributed by atoms with Crippen molar-refractivity contribution in [2.24, 2.45) is 0 Å². The number of anilines is 2. The number of aromatic nitrogens is 2. The van der Waals surface area contributed by atoms with Crippen LogP contribution in [0.4, 0.5) is 11.5 Å². The Bertz CT molecular complexity index is 1230. The number of amides is 1. The van der Waals surface area contributed by atoms with Crippen LogP contribution in [0.25, 0.3) is 0 Å². The normalized spacial score (nSPS) is 11.2. The van der Waals surface area contributed by atoms with Crippen molar-refractivity contribution in [3.05, 3.63) is 78.6 Å². The highest BCUT2D eigenvalue weighted by Gasteiger charge is 2.24. The number of unbranched alkanes of at least 4 members (excludes halogenated alkanes) is 1. The van der Waals surface area contributed by atoms with E-state index in [1.165, 1.54) is 24.8 Å². The van der Waals surface area contributed by atoms with Crippen LogP contribution in [-0.2, 0) is 24.3 Å². The lowest BCUT2D eigenvalue weighted by atomic mass is 10.1. The summed E-state index contributed by atoms with van der Waals surface area (Å²) in [4.78, 5) is 46.8. The van der Waals surface area contributed by atoms with E-state index in [0.29, 0.717) is 19.6 Å². The Morgan fingerprint density at radius 3 is 2.49 bits per heavy atom. The molecule has 0 aliphatic carbocycles. The second kappa shape index (κ2) is 12.5. The van der Waals surface area contributed by atoms with Crippen molar-refractivity contribution in [2.45, 2.75) is 53.1 Å². The van der Waals surface area contributed by atoms with E-state index in [9.17, 15) is 14.4 Å². The molecule has 2 aromatic heterocycles. The molecule has 3 aromatic rings. The number of rotatable bonds is 12. The van der Waals surface area contributed by atoms with Gasteiger partial charge in [-0.3, -0.25) is 24.0 Å². The zero-order valence-electron chi connectivity index (χ0n) is 20.8. The van der Waals surface area contributed by atoms with Gasteiger partial charge in [-0.15, -0.1) is 11.3 Å². The highest BCUT2D eigenvalue weighted by atomic mass is 32.1. The number of H-pyrrole nitrogens is 1. The molecule has 0 spiro atoms. The van der Waals surface area contributed by atoms with Crippen molar-refractivity contribution in [3.8, 4) is 0 Å². The van der Waals surface area contributed by atoms with E-state index in [2.05, 4.69) is 41.1 Å². The molecule has 0 bridgehead atoms. The first-order valence-electron chi connectivity index (χ1n) is 12.1. The van der Waals surface area contributed by atoms with Crippen LogP contribution >= 0.6 is 11.3 Å². The van der Waals surface area contributed by atoms with Crippen molar-refractivity contribution in [1.29, 1.82) is 0 Å². The molecule has 8 nitrogen and oxygen atoms in total. The van der Waals surface area contributed by atoms with Gasteiger partial charge in [0.15, 0.2) is 5.69 Å². The van der Waals surface area contributed by atoms with Crippen LogP contribution in [0.5, 0.6) is 0 Å². The van der Waals surface area contributed by atoms with Crippen LogP contribution in [0.3, 0.4) is 0 Å². The van der Waals surface area contributed by atoms with Crippen LogP contribution < -0.4 is 21.9 Å². The Morgan fingerprint density at radius 2 is 1.86 bits per heavy atom. The largest absolute Gasteiger partial charge is 0.383 e. The highest BCUT2D eigenvalue weighted by molar-refractivity contribution is 7.11. The molecular weight excluding hydrogens is 462 g/mol. The Morgan fingerprint density at radius 1 is 1.11 bits per heavy atom. The molecule has 0 fully saturated rings. The van der Waals surface area contributed by atoms with Crippen molar-refractivity contribution >= 4 is 28.7 Å². The molecule has 0 aliphatic heterocycles. The molecule has 2 heterocycles. The number of nitrogen functional groups attached to an aromatic ring is 1. The molecule has 188 valence electrons. The molecule has 0 aliphatic rings. The lowest BCUT2D eigenvalue weighted by Crippen LogP contribution is -2.45. The number of carbonyl (C=O) groups excluding carboxylic acids is 1. The maximum absolute atomic E-state index is 13.5. The summed E-state index contributed by atoms with van der Waals surface area (Å²) in [7, 11) is 0. The third kappa shape index (κ3) is 6.93. The highest BCUT2D eigenvalue weighted by Crippen LogP contribution is 2.20. The summed E-state index contributed by atoms with van der Waals surface area (Å²) >= 11 is 1.71. The fourth-order valence-corrected chi connectivity index (χ4v) is 4.98. The van der Waals surface area contributed by atoms with Crippen LogP contribution in [0.2, 0.25) is 0 Å². The van der Waals surface area contributed by atoms with Gasteiger partial charge in [0.25, 0.3) is 5.56 Å². The number of thiophene rings is 1. The summed E-state index contributed by atoms with van der Waals surface area (Å²) in [5.74, 6) is -0.196. The quantitative estimate of drug-likeness (QED) is 0.399. The molecule has 0 saturated carbocycles. The summed E-state index contributed by atoms with van der Waals surface area (Å²) in [5.41, 5.74) is 6.32. The predicted octanol–water partition coefficient (Wildman–Crippen LogP) is 3.39. The number of hydrogen-bond donors (Lipinski definition) is 2. The van der Waals surface area contributed by atoms with Gasteiger partial charge >= 0.3 is 5.69 Å². The fourth-order valence-electron chi connectivity index (χ4n) is 4.05. The average molecular weight is 498 g/mol. The maximum atomic E-state index is 13.5. The van der Waals surface area contributed by atoms with Gasteiger partial charge in [-0.05, 0) is 44.4 Å². The lowest BCUT2D eigenvalue weighted by molar-refractivity contribution is -0.119. The van der Waals surface area contributed by atoms with Crippen molar-refractivity contribution < 1.29 is 4.79 Å². The number of aromatic amines is 1. The molecule has 0 unspecified atom stereocenters. The molecule has 35 heavy (non-hydrogen) atoms. The van der Waals surface area contributed by atoms with E-state index in [0.717, 1.165) is 19.3 Å². The fraction of sp³-hybridized carbons (Fsp3) is 0.423. The molecule has 0 radical (unpaired) electrons. The molecule has 1 aromatic carbocycles. The number of nitrogens with two attached hydrogens (primary N) is 1. The first-order chi connectivity index (χ1) is 16.8. The smallest absolute Gasteiger partial charge is 0.330 e. The number of hydrogen-bond acceptors (Lipinski definition) is 6. The van der Waals surface area contributed by atoms with Gasteiger partial charge in [-0.2, -0.15) is 0 Å². The van der Waals surface area contributed by atoms with E-state index >= 15 is 0 Å². The van der Waals surface area contributed by atoms with Crippen molar-refractivity contribution in [3.63, 3.8) is 0 Å². The third-order valence-electron chi connectivity index (χ3n) is 5.93. The Labute approximate surface area is 210 Å². The SMILES string of the molecule is CCCCn1c(N)c(N(CC)C(=O)CN(CCc2ccccc2)Cc2ccc(C)s2)c(=O)[nH]c1=O. The average Bonchev–Trinajstić information content (AvgIpc) is 3.25. The Hall–Kier alpha value is -3.17. The number of nitrogens with zero attached hydrogens (tertiary/aromatic N) is 3. The molecule has 3 N–H and O–H groups in total. The number of benzene rings is 1. The minimum atomic E-state index is -0.639. The summed E-state index contributed by atoms with van der Waals surface area (Å²) in [6.45, 7) is 7.98. The molecule has 0 atom stereocenters. The molecular formula is C26H35N5O3S. The lowest BCUT2D eigenvalue weighted by Gasteiger charge is -2.27. The van der Waals surface area contributed by atoms with Crippen molar-refractivity contribution in [1.82, 2.24) is 14.5 Å². The van der Waals surface area contributed by atoms with Gasteiger partial charge in [0, 0.05) is 35.9 Å². The van der Waals surface area contributed by atoms with Crippen LogP contribution in [0.1, 0.15) is 42.0 Å².